The standard InChI is InChI=1S/C19H17Cl2F3N4O3/c20-15-6-5-13(28(30)31)8-14(15)18(29)27-12-3-1-11(2-4-12)26-17-16(21)7-10(9-25-17)19(22,23)24/h5-9,11-12H,1-4H2,(H,25,26)(H,27,29). The van der Waals surface area contributed by atoms with Gasteiger partial charge in [0.1, 0.15) is 5.82 Å². The van der Waals surface area contributed by atoms with E-state index in [0.29, 0.717) is 25.7 Å². The Labute approximate surface area is 185 Å². The van der Waals surface area contributed by atoms with Gasteiger partial charge in [0.15, 0.2) is 0 Å². The lowest BCUT2D eigenvalue weighted by molar-refractivity contribution is -0.384. The fourth-order valence-electron chi connectivity index (χ4n) is 3.34. The van der Waals surface area contributed by atoms with Gasteiger partial charge in [-0.2, -0.15) is 13.2 Å². The molecule has 0 saturated heterocycles. The highest BCUT2D eigenvalue weighted by Gasteiger charge is 2.32. The minimum Gasteiger partial charge on any atom is -0.366 e. The molecular formula is C19H17Cl2F3N4O3. The van der Waals surface area contributed by atoms with Crippen LogP contribution >= 0.6 is 23.2 Å². The summed E-state index contributed by atoms with van der Waals surface area (Å²) >= 11 is 11.9. The normalized spacial score (nSPS) is 19.0. The fraction of sp³-hybridized carbons (Fsp3) is 0.368. The van der Waals surface area contributed by atoms with Crippen LogP contribution in [0, 0.1) is 10.1 Å². The van der Waals surface area contributed by atoms with Crippen LogP contribution in [0.3, 0.4) is 0 Å². The molecule has 1 heterocycles. The van der Waals surface area contributed by atoms with Crippen molar-refractivity contribution in [3.8, 4) is 0 Å². The van der Waals surface area contributed by atoms with Crippen LogP contribution in [0.5, 0.6) is 0 Å². The zero-order valence-corrected chi connectivity index (χ0v) is 17.4. The lowest BCUT2D eigenvalue weighted by atomic mass is 9.91. The van der Waals surface area contributed by atoms with Crippen molar-refractivity contribution in [2.75, 3.05) is 5.32 Å². The Balaban J connectivity index is 1.56. The Morgan fingerprint density at radius 1 is 1.10 bits per heavy atom. The highest BCUT2D eigenvalue weighted by atomic mass is 35.5. The molecule has 1 aliphatic carbocycles. The number of carbonyl (C=O) groups is 1. The smallest absolute Gasteiger partial charge is 0.366 e. The van der Waals surface area contributed by atoms with Gasteiger partial charge in [0.05, 0.1) is 26.1 Å². The minimum atomic E-state index is -4.52. The molecule has 1 amide bonds. The number of amides is 1. The number of benzene rings is 1. The van der Waals surface area contributed by atoms with Gasteiger partial charge in [0.2, 0.25) is 0 Å². The first-order valence-electron chi connectivity index (χ1n) is 9.28. The van der Waals surface area contributed by atoms with Crippen molar-refractivity contribution in [3.63, 3.8) is 0 Å². The first-order valence-corrected chi connectivity index (χ1v) is 10.0. The van der Waals surface area contributed by atoms with Crippen LogP contribution in [0.1, 0.15) is 41.6 Å². The number of alkyl halides is 3. The number of halogens is 5. The molecule has 2 N–H and O–H groups in total. The maximum Gasteiger partial charge on any atom is 0.417 e. The number of nitrogens with one attached hydrogen (secondary N) is 2. The van der Waals surface area contributed by atoms with E-state index in [1.807, 2.05) is 0 Å². The van der Waals surface area contributed by atoms with Crippen LogP contribution < -0.4 is 10.6 Å². The quantitative estimate of drug-likeness (QED) is 0.440. The third kappa shape index (κ3) is 5.76. The molecule has 0 atom stereocenters. The summed E-state index contributed by atoms with van der Waals surface area (Å²) in [6, 6.07) is 4.23. The molecule has 0 spiro atoms. The maximum atomic E-state index is 12.7. The average molecular weight is 477 g/mol. The Morgan fingerprint density at radius 2 is 1.74 bits per heavy atom. The second-order valence-electron chi connectivity index (χ2n) is 7.14. The number of nitro benzene ring substituents is 1. The highest BCUT2D eigenvalue weighted by molar-refractivity contribution is 6.34. The predicted molar refractivity (Wildman–Crippen MR) is 109 cm³/mol. The summed E-state index contributed by atoms with van der Waals surface area (Å²) in [6.45, 7) is 0. The molecular weight excluding hydrogens is 460 g/mol. The summed E-state index contributed by atoms with van der Waals surface area (Å²) in [6.07, 6.45) is -1.38. The molecule has 7 nitrogen and oxygen atoms in total. The lowest BCUT2D eigenvalue weighted by Crippen LogP contribution is -2.40. The molecule has 2 aromatic rings. The number of pyridine rings is 1. The van der Waals surface area contributed by atoms with Crippen molar-refractivity contribution in [2.24, 2.45) is 0 Å². The van der Waals surface area contributed by atoms with E-state index in [-0.39, 0.29) is 39.2 Å². The zero-order chi connectivity index (χ0) is 22.8. The van der Waals surface area contributed by atoms with Gasteiger partial charge >= 0.3 is 6.18 Å². The van der Waals surface area contributed by atoms with E-state index in [0.717, 1.165) is 18.3 Å². The van der Waals surface area contributed by atoms with E-state index in [4.69, 9.17) is 23.2 Å². The van der Waals surface area contributed by atoms with Gasteiger partial charge in [-0.05, 0) is 37.8 Å². The van der Waals surface area contributed by atoms with Crippen molar-refractivity contribution in [1.29, 1.82) is 0 Å². The van der Waals surface area contributed by atoms with Gasteiger partial charge < -0.3 is 10.6 Å². The minimum absolute atomic E-state index is 0.0249. The SMILES string of the molecule is O=C(NC1CCC(Nc2ncc(C(F)(F)F)cc2Cl)CC1)c1cc([N+](=O)[O-])ccc1Cl. The number of rotatable bonds is 5. The monoisotopic (exact) mass is 476 g/mol. The van der Waals surface area contributed by atoms with Crippen molar-refractivity contribution in [1.82, 2.24) is 10.3 Å². The predicted octanol–water partition coefficient (Wildman–Crippen LogP) is 5.47. The van der Waals surface area contributed by atoms with Gasteiger partial charge in [-0.15, -0.1) is 0 Å². The molecule has 1 aromatic heterocycles. The largest absolute Gasteiger partial charge is 0.417 e. The van der Waals surface area contributed by atoms with E-state index in [9.17, 15) is 28.1 Å². The summed E-state index contributed by atoms with van der Waals surface area (Å²) in [5.41, 5.74) is -1.13. The van der Waals surface area contributed by atoms with Gasteiger partial charge in [0, 0.05) is 30.4 Å². The maximum absolute atomic E-state index is 12.7. The molecule has 0 unspecified atom stereocenters. The Bertz CT molecular complexity index is 996. The van der Waals surface area contributed by atoms with Crippen LogP contribution in [0.4, 0.5) is 24.7 Å². The molecule has 0 aliphatic heterocycles. The number of carbonyl (C=O) groups excluding carboxylic acids is 1. The van der Waals surface area contributed by atoms with Crippen LogP contribution in [0.2, 0.25) is 10.0 Å². The Kier molecular flexibility index (Phi) is 6.90. The molecule has 166 valence electrons. The third-order valence-electron chi connectivity index (χ3n) is 4.98. The van der Waals surface area contributed by atoms with E-state index in [2.05, 4.69) is 15.6 Å². The van der Waals surface area contributed by atoms with Gasteiger partial charge in [-0.3, -0.25) is 14.9 Å². The molecule has 31 heavy (non-hydrogen) atoms. The number of nitro groups is 1. The number of hydrogen-bond acceptors (Lipinski definition) is 5. The van der Waals surface area contributed by atoms with E-state index < -0.39 is 22.6 Å². The van der Waals surface area contributed by atoms with Crippen molar-refractivity contribution in [3.05, 3.63) is 61.7 Å². The summed E-state index contributed by atoms with van der Waals surface area (Å²) in [5.74, 6) is -0.330. The summed E-state index contributed by atoms with van der Waals surface area (Å²) in [4.78, 5) is 26.6. The molecule has 1 saturated carbocycles. The summed E-state index contributed by atoms with van der Waals surface area (Å²) in [5, 5.41) is 16.8. The first-order chi connectivity index (χ1) is 14.5. The molecule has 1 fully saturated rings. The molecule has 1 aromatic carbocycles. The number of hydrogen-bond donors (Lipinski definition) is 2. The van der Waals surface area contributed by atoms with E-state index >= 15 is 0 Å². The topological polar surface area (TPSA) is 97.2 Å². The van der Waals surface area contributed by atoms with Crippen LogP contribution in [-0.2, 0) is 6.18 Å². The van der Waals surface area contributed by atoms with Gasteiger partial charge in [-0.1, -0.05) is 23.2 Å². The van der Waals surface area contributed by atoms with Crippen LogP contribution in [0.25, 0.3) is 0 Å². The average Bonchev–Trinajstić information content (AvgIpc) is 2.70. The lowest BCUT2D eigenvalue weighted by Gasteiger charge is -2.30. The van der Waals surface area contributed by atoms with E-state index in [1.54, 1.807) is 0 Å². The summed E-state index contributed by atoms with van der Waals surface area (Å²) < 4.78 is 38.2. The van der Waals surface area contributed by atoms with Crippen LogP contribution in [0.15, 0.2) is 30.5 Å². The molecule has 0 radical (unpaired) electrons. The van der Waals surface area contributed by atoms with Crippen LogP contribution in [-0.4, -0.2) is 27.9 Å². The fourth-order valence-corrected chi connectivity index (χ4v) is 3.76. The highest BCUT2D eigenvalue weighted by Crippen LogP contribution is 2.33. The van der Waals surface area contributed by atoms with E-state index in [1.165, 1.54) is 12.1 Å². The van der Waals surface area contributed by atoms with Crippen molar-refractivity contribution < 1.29 is 22.9 Å². The molecule has 0 bridgehead atoms. The zero-order valence-electron chi connectivity index (χ0n) is 15.9. The third-order valence-corrected chi connectivity index (χ3v) is 5.59. The van der Waals surface area contributed by atoms with Gasteiger partial charge in [-0.25, -0.2) is 4.98 Å². The Morgan fingerprint density at radius 3 is 2.32 bits per heavy atom. The number of anilines is 1. The van der Waals surface area contributed by atoms with Gasteiger partial charge in [0.25, 0.3) is 11.6 Å². The molecule has 1 aliphatic rings. The number of non-ortho nitro benzene ring substituents is 1. The molecule has 3 rings (SSSR count). The second kappa shape index (κ2) is 9.27. The van der Waals surface area contributed by atoms with Crippen molar-refractivity contribution in [2.45, 2.75) is 43.9 Å². The van der Waals surface area contributed by atoms with Crippen molar-refractivity contribution >= 4 is 40.6 Å². The second-order valence-corrected chi connectivity index (χ2v) is 7.95. The number of aromatic nitrogens is 1. The summed E-state index contributed by atoms with van der Waals surface area (Å²) in [7, 11) is 0. The number of nitrogens with zero attached hydrogens (tertiary/aromatic N) is 2. The Hall–Kier alpha value is -2.59. The molecule has 12 heteroatoms. The first kappa shape index (κ1) is 23.1.